The summed E-state index contributed by atoms with van der Waals surface area (Å²) in [5.41, 5.74) is 10.7. The highest BCUT2D eigenvalue weighted by Gasteiger charge is 2.30. The zero-order valence-electron chi connectivity index (χ0n) is 25.7. The van der Waals surface area contributed by atoms with Gasteiger partial charge in [0.1, 0.15) is 23.8 Å². The van der Waals surface area contributed by atoms with Crippen LogP contribution >= 0.6 is 0 Å². The van der Waals surface area contributed by atoms with Crippen LogP contribution in [0, 0.1) is 0 Å². The molecule has 4 heteroatoms. The molecule has 8 rings (SSSR count). The van der Waals surface area contributed by atoms with Crippen molar-refractivity contribution in [2.75, 3.05) is 18.6 Å². The van der Waals surface area contributed by atoms with Crippen molar-refractivity contribution in [2.45, 2.75) is 26.2 Å². The average Bonchev–Trinajstić information content (AvgIpc) is 3.41. The molecule has 0 bridgehead atoms. The highest BCUT2D eigenvalue weighted by molar-refractivity contribution is 6.19. The molecule has 0 atom stereocenters. The Morgan fingerprint density at radius 2 is 1.58 bits per heavy atom. The Morgan fingerprint density at radius 1 is 0.800 bits per heavy atom. The van der Waals surface area contributed by atoms with Crippen molar-refractivity contribution in [1.29, 1.82) is 0 Å². The third kappa shape index (κ3) is 4.74. The second-order valence-corrected chi connectivity index (χ2v) is 11.7. The van der Waals surface area contributed by atoms with Crippen molar-refractivity contribution in [3.63, 3.8) is 0 Å². The van der Waals surface area contributed by atoms with Gasteiger partial charge < -0.3 is 14.4 Å². The number of anilines is 3. The van der Waals surface area contributed by atoms with Crippen LogP contribution in [0.3, 0.4) is 0 Å². The smallest absolute Gasteiger partial charge is 0.214 e. The lowest BCUT2D eigenvalue weighted by atomic mass is 9.89. The van der Waals surface area contributed by atoms with Crippen LogP contribution in [0.1, 0.15) is 37.3 Å². The minimum absolute atomic E-state index is 0.835. The van der Waals surface area contributed by atoms with Gasteiger partial charge in [-0.3, -0.25) is 0 Å². The predicted molar refractivity (Wildman–Crippen MR) is 185 cm³/mol. The third-order valence-electron chi connectivity index (χ3n) is 9.12. The Kier molecular flexibility index (Phi) is 6.83. The number of benzene rings is 5. The summed E-state index contributed by atoms with van der Waals surface area (Å²) in [7, 11) is 1.70. The van der Waals surface area contributed by atoms with Crippen LogP contribution in [0.4, 0.5) is 22.7 Å². The molecule has 0 amide bonds. The van der Waals surface area contributed by atoms with Gasteiger partial charge >= 0.3 is 0 Å². The number of methoxy groups -OCH3 is 1. The van der Waals surface area contributed by atoms with Gasteiger partial charge in [-0.2, -0.15) is 4.58 Å². The number of fused-ring (bicyclic) bond motifs is 2. The fourth-order valence-corrected chi connectivity index (χ4v) is 6.99. The molecule has 220 valence electrons. The Labute approximate surface area is 264 Å². The van der Waals surface area contributed by atoms with Crippen molar-refractivity contribution >= 4 is 45.3 Å². The first kappa shape index (κ1) is 27.2. The van der Waals surface area contributed by atoms with E-state index in [4.69, 9.17) is 9.47 Å². The molecule has 0 aromatic heterocycles. The number of ether oxygens (including phenoxy) is 2. The highest BCUT2D eigenvalue weighted by atomic mass is 16.5. The molecule has 0 saturated heterocycles. The summed E-state index contributed by atoms with van der Waals surface area (Å²) in [6, 6.07) is 38.4. The van der Waals surface area contributed by atoms with E-state index >= 15 is 0 Å². The van der Waals surface area contributed by atoms with Gasteiger partial charge in [0.2, 0.25) is 11.4 Å². The van der Waals surface area contributed by atoms with Crippen LogP contribution in [0.15, 0.2) is 138 Å². The van der Waals surface area contributed by atoms with Crippen LogP contribution in [-0.4, -0.2) is 23.9 Å². The number of allylic oxidation sites excluding steroid dienone is 4. The quantitative estimate of drug-likeness (QED) is 0.177. The maximum absolute atomic E-state index is 6.83. The number of rotatable bonds is 7. The summed E-state index contributed by atoms with van der Waals surface area (Å²) < 4.78 is 14.7. The predicted octanol–water partition coefficient (Wildman–Crippen LogP) is 10.3. The van der Waals surface area contributed by atoms with Crippen LogP contribution in [-0.2, 0) is 0 Å². The van der Waals surface area contributed by atoms with E-state index in [-0.39, 0.29) is 0 Å². The van der Waals surface area contributed by atoms with Gasteiger partial charge in [0.15, 0.2) is 0 Å². The molecule has 3 aliphatic rings. The summed E-state index contributed by atoms with van der Waals surface area (Å²) in [6.45, 7) is 3.15. The minimum Gasteiger partial charge on any atom is -0.497 e. The SMILES string of the molecule is CC[N+]1=C(/C=C/C2=C3Oc4cc(N(c5ccccc5)c5ccc(OC)cc5)ccc4C=C3CCC2)c2cccc3cccc1c23. The number of hydrogen-bond donors (Lipinski definition) is 0. The van der Waals surface area contributed by atoms with E-state index in [0.29, 0.717) is 0 Å². The number of para-hydroxylation sites is 1. The molecule has 5 aromatic rings. The topological polar surface area (TPSA) is 24.7 Å². The maximum atomic E-state index is 6.83. The molecule has 5 aromatic carbocycles. The molecule has 0 fully saturated rings. The van der Waals surface area contributed by atoms with Gasteiger partial charge in [0.05, 0.1) is 18.1 Å². The molecule has 0 unspecified atom stereocenters. The van der Waals surface area contributed by atoms with Crippen LogP contribution in [0.25, 0.3) is 16.8 Å². The Morgan fingerprint density at radius 3 is 2.38 bits per heavy atom. The van der Waals surface area contributed by atoms with Crippen molar-refractivity contribution in [3.05, 3.63) is 149 Å². The molecule has 2 aliphatic heterocycles. The van der Waals surface area contributed by atoms with Gasteiger partial charge in [0, 0.05) is 40.8 Å². The monoisotopic (exact) mass is 587 g/mol. The standard InChI is InChI=1S/C41H35N2O2/c1-3-42-37(36-16-8-10-28-11-9-17-38(42)40(28)36)25-19-29-12-7-13-31-26-30-18-20-34(27-39(30)45-41(29)31)43(32-14-5-4-6-15-32)33-21-23-35(44-2)24-22-33/h4-6,8-11,14-27H,3,7,12-13H2,1-2H3/q+1. The summed E-state index contributed by atoms with van der Waals surface area (Å²) >= 11 is 0. The first-order chi connectivity index (χ1) is 22.2. The maximum Gasteiger partial charge on any atom is 0.214 e. The Bertz CT molecular complexity index is 2060. The van der Waals surface area contributed by atoms with Gasteiger partial charge in [0.25, 0.3) is 0 Å². The van der Waals surface area contributed by atoms with Crippen molar-refractivity contribution in [1.82, 2.24) is 0 Å². The zero-order valence-corrected chi connectivity index (χ0v) is 25.7. The normalized spacial score (nSPS) is 15.2. The Balaban J connectivity index is 1.17. The molecule has 0 radical (unpaired) electrons. The summed E-state index contributed by atoms with van der Waals surface area (Å²) in [5.74, 6) is 2.73. The van der Waals surface area contributed by atoms with Gasteiger partial charge in [-0.15, -0.1) is 0 Å². The zero-order chi connectivity index (χ0) is 30.3. The molecule has 1 aliphatic carbocycles. The second kappa shape index (κ2) is 11.3. The summed E-state index contributed by atoms with van der Waals surface area (Å²) in [6.07, 6.45) is 10.1. The first-order valence-corrected chi connectivity index (χ1v) is 15.8. The van der Waals surface area contributed by atoms with E-state index in [9.17, 15) is 0 Å². The van der Waals surface area contributed by atoms with E-state index in [0.717, 1.165) is 65.7 Å². The Hall–Kier alpha value is -5.35. The molecule has 4 nitrogen and oxygen atoms in total. The molecular weight excluding hydrogens is 552 g/mol. The van der Waals surface area contributed by atoms with Crippen molar-refractivity contribution in [2.24, 2.45) is 0 Å². The lowest BCUT2D eigenvalue weighted by Gasteiger charge is -2.29. The highest BCUT2D eigenvalue weighted by Crippen LogP contribution is 2.44. The van der Waals surface area contributed by atoms with E-state index in [2.05, 4.69) is 126 Å². The molecular formula is C41H35N2O2+. The van der Waals surface area contributed by atoms with Crippen molar-refractivity contribution < 1.29 is 14.0 Å². The first-order valence-electron chi connectivity index (χ1n) is 15.8. The largest absolute Gasteiger partial charge is 0.497 e. The lowest BCUT2D eigenvalue weighted by Crippen LogP contribution is -2.15. The van der Waals surface area contributed by atoms with E-state index in [1.54, 1.807) is 7.11 Å². The lowest BCUT2D eigenvalue weighted by molar-refractivity contribution is -0.430. The summed E-state index contributed by atoms with van der Waals surface area (Å²) in [5, 5.41) is 2.64. The van der Waals surface area contributed by atoms with Crippen LogP contribution in [0.2, 0.25) is 0 Å². The number of nitrogens with zero attached hydrogens (tertiary/aromatic N) is 2. The fraction of sp³-hybridized carbons (Fsp3) is 0.146. The molecule has 0 spiro atoms. The van der Waals surface area contributed by atoms with Gasteiger partial charge in [-0.05, 0) is 109 Å². The van der Waals surface area contributed by atoms with Gasteiger partial charge in [-0.1, -0.05) is 42.5 Å². The molecule has 2 heterocycles. The molecule has 0 N–H and O–H groups in total. The average molecular weight is 588 g/mol. The van der Waals surface area contributed by atoms with Crippen LogP contribution < -0.4 is 14.4 Å². The molecule has 0 saturated carbocycles. The van der Waals surface area contributed by atoms with E-state index < -0.39 is 0 Å². The summed E-state index contributed by atoms with van der Waals surface area (Å²) in [4.78, 5) is 2.26. The fourth-order valence-electron chi connectivity index (χ4n) is 6.99. The van der Waals surface area contributed by atoms with E-state index in [1.807, 2.05) is 18.2 Å². The second-order valence-electron chi connectivity index (χ2n) is 11.7. The van der Waals surface area contributed by atoms with Crippen LogP contribution in [0.5, 0.6) is 11.5 Å². The van der Waals surface area contributed by atoms with Gasteiger partial charge in [-0.25, -0.2) is 0 Å². The molecule has 45 heavy (non-hydrogen) atoms. The number of hydrogen-bond acceptors (Lipinski definition) is 3. The van der Waals surface area contributed by atoms with E-state index in [1.165, 1.54) is 38.9 Å². The van der Waals surface area contributed by atoms with Crippen molar-refractivity contribution in [3.8, 4) is 11.5 Å². The minimum atomic E-state index is 0.835. The third-order valence-corrected chi connectivity index (χ3v) is 9.12.